The molecule has 1 atom stereocenters. The molecule has 1 amide bonds. The quantitative estimate of drug-likeness (QED) is 0.748. The first-order valence-electron chi connectivity index (χ1n) is 9.47. The summed E-state index contributed by atoms with van der Waals surface area (Å²) in [6.45, 7) is 7.62. The van der Waals surface area contributed by atoms with Crippen LogP contribution in [0.3, 0.4) is 0 Å². The van der Waals surface area contributed by atoms with Crippen molar-refractivity contribution in [2.24, 2.45) is 0 Å². The molecule has 1 unspecified atom stereocenters. The number of carbonyl (C=O) groups excluding carboxylic acids is 1. The lowest BCUT2D eigenvalue weighted by atomic mass is 10.0. The average molecular weight is 372 g/mol. The van der Waals surface area contributed by atoms with E-state index in [0.717, 1.165) is 51.3 Å². The summed E-state index contributed by atoms with van der Waals surface area (Å²) in [6, 6.07) is 14.3. The Kier molecular flexibility index (Phi) is 6.83. The summed E-state index contributed by atoms with van der Waals surface area (Å²) in [5.74, 6) is 0.235. The smallest absolute Gasteiger partial charge is 0.244 e. The molecule has 5 heteroatoms. The van der Waals surface area contributed by atoms with Gasteiger partial charge in [-0.05, 0) is 37.0 Å². The Labute approximate surface area is 161 Å². The zero-order valence-corrected chi connectivity index (χ0v) is 16.6. The molecule has 0 bridgehead atoms. The van der Waals surface area contributed by atoms with E-state index in [0.29, 0.717) is 0 Å². The number of hydrogen-bond acceptors (Lipinski definition) is 4. The number of amides is 1. The summed E-state index contributed by atoms with van der Waals surface area (Å²) in [7, 11) is 2.03. The minimum absolute atomic E-state index is 0.182. The third-order valence-electron chi connectivity index (χ3n) is 5.23. The zero-order chi connectivity index (χ0) is 18.4. The van der Waals surface area contributed by atoms with E-state index < -0.39 is 0 Å². The van der Waals surface area contributed by atoms with Gasteiger partial charge in [0.1, 0.15) is 6.04 Å². The van der Waals surface area contributed by atoms with Crippen LogP contribution in [-0.4, -0.2) is 66.9 Å². The highest BCUT2D eigenvalue weighted by atomic mass is 32.1. The Hall–Kier alpha value is -1.69. The standard InChI is InChI=1S/C21H29N3OS/c1-3-22(2)20(18-8-5-4-6-9-18)21(25)24-15-13-23(14-16-24)12-11-19-10-7-17-26-19/h4-10,17,20H,3,11-16H2,1-2H3. The molecule has 1 saturated heterocycles. The van der Waals surface area contributed by atoms with Crippen LogP contribution in [0.25, 0.3) is 0 Å². The maximum absolute atomic E-state index is 13.2. The SMILES string of the molecule is CCN(C)C(C(=O)N1CCN(CCc2cccs2)CC1)c1ccccc1. The van der Waals surface area contributed by atoms with Crippen LogP contribution in [0, 0.1) is 0 Å². The number of carbonyl (C=O) groups is 1. The van der Waals surface area contributed by atoms with E-state index in [1.165, 1.54) is 4.88 Å². The van der Waals surface area contributed by atoms with Crippen LogP contribution in [0.15, 0.2) is 47.8 Å². The number of hydrogen-bond donors (Lipinski definition) is 0. The Balaban J connectivity index is 1.57. The molecule has 1 fully saturated rings. The van der Waals surface area contributed by atoms with Crippen molar-refractivity contribution in [3.63, 3.8) is 0 Å². The number of benzene rings is 1. The average Bonchev–Trinajstić information content (AvgIpc) is 3.21. The van der Waals surface area contributed by atoms with Crippen LogP contribution in [0.1, 0.15) is 23.4 Å². The summed E-state index contributed by atoms with van der Waals surface area (Å²) in [5, 5.41) is 2.14. The molecular formula is C21H29N3OS. The lowest BCUT2D eigenvalue weighted by molar-refractivity contribution is -0.138. The normalized spacial score (nSPS) is 16.8. The van der Waals surface area contributed by atoms with E-state index in [1.54, 1.807) is 0 Å². The number of piperazine rings is 1. The largest absolute Gasteiger partial charge is 0.338 e. The monoisotopic (exact) mass is 371 g/mol. The molecule has 4 nitrogen and oxygen atoms in total. The first kappa shape index (κ1) is 19.1. The van der Waals surface area contributed by atoms with Gasteiger partial charge in [0.25, 0.3) is 0 Å². The molecule has 140 valence electrons. The molecule has 0 N–H and O–H groups in total. The Morgan fingerprint density at radius 3 is 2.46 bits per heavy atom. The van der Waals surface area contributed by atoms with Gasteiger partial charge in [0.15, 0.2) is 0 Å². The molecular weight excluding hydrogens is 342 g/mol. The third-order valence-corrected chi connectivity index (χ3v) is 6.16. The van der Waals surface area contributed by atoms with E-state index in [1.807, 2.05) is 41.5 Å². The van der Waals surface area contributed by atoms with Crippen LogP contribution in [0.2, 0.25) is 0 Å². The van der Waals surface area contributed by atoms with Crippen molar-refractivity contribution in [2.75, 3.05) is 46.3 Å². The van der Waals surface area contributed by atoms with E-state index in [-0.39, 0.29) is 11.9 Å². The van der Waals surface area contributed by atoms with Gasteiger partial charge < -0.3 is 4.90 Å². The predicted molar refractivity (Wildman–Crippen MR) is 109 cm³/mol. The van der Waals surface area contributed by atoms with E-state index in [4.69, 9.17) is 0 Å². The molecule has 0 aliphatic carbocycles. The van der Waals surface area contributed by atoms with Gasteiger partial charge >= 0.3 is 0 Å². The van der Waals surface area contributed by atoms with Crippen molar-refractivity contribution in [1.82, 2.24) is 14.7 Å². The summed E-state index contributed by atoms with van der Waals surface area (Å²) in [6.07, 6.45) is 1.11. The maximum Gasteiger partial charge on any atom is 0.244 e. The highest BCUT2D eigenvalue weighted by Crippen LogP contribution is 2.22. The van der Waals surface area contributed by atoms with Crippen molar-refractivity contribution in [3.05, 3.63) is 58.3 Å². The van der Waals surface area contributed by atoms with Crippen LogP contribution in [-0.2, 0) is 11.2 Å². The fourth-order valence-electron chi connectivity index (χ4n) is 3.49. The Morgan fingerprint density at radius 1 is 1.12 bits per heavy atom. The topological polar surface area (TPSA) is 26.8 Å². The van der Waals surface area contributed by atoms with Crippen molar-refractivity contribution >= 4 is 17.2 Å². The summed E-state index contributed by atoms with van der Waals surface area (Å²) >= 11 is 1.83. The molecule has 1 aromatic carbocycles. The fourth-order valence-corrected chi connectivity index (χ4v) is 4.19. The molecule has 2 heterocycles. The molecule has 0 radical (unpaired) electrons. The van der Waals surface area contributed by atoms with Crippen LogP contribution in [0.5, 0.6) is 0 Å². The van der Waals surface area contributed by atoms with Gasteiger partial charge in [0, 0.05) is 37.6 Å². The van der Waals surface area contributed by atoms with Gasteiger partial charge in [-0.25, -0.2) is 0 Å². The summed E-state index contributed by atoms with van der Waals surface area (Å²) in [5.41, 5.74) is 1.09. The lowest BCUT2D eigenvalue weighted by Crippen LogP contribution is -2.52. The second-order valence-corrected chi connectivity index (χ2v) is 7.91. The van der Waals surface area contributed by atoms with E-state index in [9.17, 15) is 4.79 Å². The van der Waals surface area contributed by atoms with Crippen molar-refractivity contribution in [1.29, 1.82) is 0 Å². The van der Waals surface area contributed by atoms with Crippen molar-refractivity contribution < 1.29 is 4.79 Å². The van der Waals surface area contributed by atoms with Gasteiger partial charge in [-0.3, -0.25) is 14.6 Å². The fraction of sp³-hybridized carbons (Fsp3) is 0.476. The molecule has 2 aromatic rings. The molecule has 0 spiro atoms. The van der Waals surface area contributed by atoms with Gasteiger partial charge in [-0.1, -0.05) is 43.3 Å². The second-order valence-electron chi connectivity index (χ2n) is 6.88. The zero-order valence-electron chi connectivity index (χ0n) is 15.8. The maximum atomic E-state index is 13.2. The third kappa shape index (κ3) is 4.72. The van der Waals surface area contributed by atoms with Gasteiger partial charge in [-0.15, -0.1) is 11.3 Å². The lowest BCUT2D eigenvalue weighted by Gasteiger charge is -2.38. The molecule has 1 aliphatic rings. The van der Waals surface area contributed by atoms with Gasteiger partial charge in [-0.2, -0.15) is 0 Å². The number of nitrogens with zero attached hydrogens (tertiary/aromatic N) is 3. The predicted octanol–water partition coefficient (Wildman–Crippen LogP) is 3.13. The summed E-state index contributed by atoms with van der Waals surface area (Å²) < 4.78 is 0. The first-order valence-corrected chi connectivity index (χ1v) is 10.4. The molecule has 1 aromatic heterocycles. The van der Waals surface area contributed by atoms with Crippen molar-refractivity contribution in [3.8, 4) is 0 Å². The second kappa shape index (κ2) is 9.31. The first-order chi connectivity index (χ1) is 12.7. The van der Waals surface area contributed by atoms with Crippen LogP contribution >= 0.6 is 11.3 Å². The number of likely N-dealkylation sites (N-methyl/N-ethyl adjacent to an activating group) is 1. The van der Waals surface area contributed by atoms with Crippen LogP contribution < -0.4 is 0 Å². The van der Waals surface area contributed by atoms with Gasteiger partial charge in [0.2, 0.25) is 5.91 Å². The van der Waals surface area contributed by atoms with Crippen molar-refractivity contribution in [2.45, 2.75) is 19.4 Å². The van der Waals surface area contributed by atoms with E-state index in [2.05, 4.69) is 46.4 Å². The minimum Gasteiger partial charge on any atom is -0.338 e. The molecule has 1 aliphatic heterocycles. The molecule has 0 saturated carbocycles. The highest BCUT2D eigenvalue weighted by molar-refractivity contribution is 7.09. The summed E-state index contributed by atoms with van der Waals surface area (Å²) in [4.78, 5) is 21.3. The highest BCUT2D eigenvalue weighted by Gasteiger charge is 2.30. The molecule has 26 heavy (non-hydrogen) atoms. The minimum atomic E-state index is -0.182. The van der Waals surface area contributed by atoms with E-state index >= 15 is 0 Å². The van der Waals surface area contributed by atoms with Gasteiger partial charge in [0.05, 0.1) is 0 Å². The number of rotatable bonds is 7. The Bertz CT molecular complexity index is 666. The van der Waals surface area contributed by atoms with Crippen LogP contribution in [0.4, 0.5) is 0 Å². The number of thiophene rings is 1. The molecule has 3 rings (SSSR count). The Morgan fingerprint density at radius 2 is 1.85 bits per heavy atom.